The van der Waals surface area contributed by atoms with E-state index >= 15 is 0 Å². The van der Waals surface area contributed by atoms with Crippen LogP contribution in [-0.4, -0.2) is 12.5 Å². The van der Waals surface area contributed by atoms with E-state index in [9.17, 15) is 4.79 Å². The number of thiophene rings is 1. The molecule has 3 nitrogen and oxygen atoms in total. The number of carbonyl (C=O) groups excluding carboxylic acids is 1. The monoisotopic (exact) mass is 298 g/mol. The SMILES string of the molecule is Cc1cccc(C(=O)NCc2cc(C#CCN)cs2)c1C. The summed E-state index contributed by atoms with van der Waals surface area (Å²) in [5, 5.41) is 4.93. The Bertz CT molecular complexity index is 707. The van der Waals surface area contributed by atoms with E-state index in [0.717, 1.165) is 27.1 Å². The maximum absolute atomic E-state index is 12.2. The Morgan fingerprint density at radius 3 is 2.95 bits per heavy atom. The summed E-state index contributed by atoms with van der Waals surface area (Å²) >= 11 is 1.59. The van der Waals surface area contributed by atoms with E-state index in [4.69, 9.17) is 5.73 Å². The number of hydrogen-bond donors (Lipinski definition) is 2. The van der Waals surface area contributed by atoms with Crippen LogP contribution in [0.25, 0.3) is 0 Å². The predicted molar refractivity (Wildman–Crippen MR) is 87.3 cm³/mol. The highest BCUT2D eigenvalue weighted by Gasteiger charge is 2.10. The molecule has 2 rings (SSSR count). The molecule has 0 spiro atoms. The fraction of sp³-hybridized carbons (Fsp3) is 0.235. The predicted octanol–water partition coefficient (Wildman–Crippen LogP) is 2.61. The molecule has 0 aliphatic rings. The van der Waals surface area contributed by atoms with E-state index in [1.165, 1.54) is 0 Å². The van der Waals surface area contributed by atoms with Crippen molar-refractivity contribution in [3.05, 3.63) is 56.8 Å². The van der Waals surface area contributed by atoms with Crippen LogP contribution in [0.15, 0.2) is 29.6 Å². The molecule has 0 bridgehead atoms. The van der Waals surface area contributed by atoms with Gasteiger partial charge in [-0.1, -0.05) is 24.0 Å². The molecule has 0 aliphatic carbocycles. The molecule has 0 radical (unpaired) electrons. The molecule has 2 aromatic rings. The summed E-state index contributed by atoms with van der Waals surface area (Å²) < 4.78 is 0. The normalized spacial score (nSPS) is 9.86. The highest BCUT2D eigenvalue weighted by atomic mass is 32.1. The van der Waals surface area contributed by atoms with Crippen LogP contribution in [0, 0.1) is 25.7 Å². The van der Waals surface area contributed by atoms with Gasteiger partial charge in [-0.25, -0.2) is 0 Å². The van der Waals surface area contributed by atoms with Crippen LogP contribution < -0.4 is 11.1 Å². The first-order chi connectivity index (χ1) is 10.1. The van der Waals surface area contributed by atoms with Crippen molar-refractivity contribution < 1.29 is 4.79 Å². The summed E-state index contributed by atoms with van der Waals surface area (Å²) in [5.74, 6) is 5.76. The van der Waals surface area contributed by atoms with Crippen molar-refractivity contribution in [2.75, 3.05) is 6.54 Å². The molecule has 0 saturated heterocycles. The van der Waals surface area contributed by atoms with E-state index < -0.39 is 0 Å². The summed E-state index contributed by atoms with van der Waals surface area (Å²) in [6, 6.07) is 7.75. The maximum Gasteiger partial charge on any atom is 0.251 e. The molecule has 0 saturated carbocycles. The van der Waals surface area contributed by atoms with Gasteiger partial charge >= 0.3 is 0 Å². The Hall–Kier alpha value is -2.09. The first-order valence-electron chi connectivity index (χ1n) is 6.72. The first-order valence-corrected chi connectivity index (χ1v) is 7.60. The fourth-order valence-electron chi connectivity index (χ4n) is 1.95. The quantitative estimate of drug-likeness (QED) is 0.856. The largest absolute Gasteiger partial charge is 0.347 e. The Labute approximate surface area is 129 Å². The minimum atomic E-state index is -0.0424. The molecule has 1 heterocycles. The molecule has 108 valence electrons. The van der Waals surface area contributed by atoms with Gasteiger partial charge < -0.3 is 11.1 Å². The third-order valence-corrected chi connectivity index (χ3v) is 4.20. The lowest BCUT2D eigenvalue weighted by molar-refractivity contribution is 0.0950. The lowest BCUT2D eigenvalue weighted by Crippen LogP contribution is -2.23. The van der Waals surface area contributed by atoms with Crippen molar-refractivity contribution in [2.24, 2.45) is 5.73 Å². The van der Waals surface area contributed by atoms with Crippen LogP contribution >= 0.6 is 11.3 Å². The van der Waals surface area contributed by atoms with Crippen LogP contribution in [0.3, 0.4) is 0 Å². The molecule has 21 heavy (non-hydrogen) atoms. The highest BCUT2D eigenvalue weighted by molar-refractivity contribution is 7.10. The second-order valence-corrected chi connectivity index (χ2v) is 5.73. The highest BCUT2D eigenvalue weighted by Crippen LogP contribution is 2.15. The molecule has 1 amide bonds. The van der Waals surface area contributed by atoms with Gasteiger partial charge in [0, 0.05) is 21.4 Å². The number of aryl methyl sites for hydroxylation is 1. The van der Waals surface area contributed by atoms with Crippen molar-refractivity contribution in [1.82, 2.24) is 5.32 Å². The molecular weight excluding hydrogens is 280 g/mol. The van der Waals surface area contributed by atoms with E-state index in [0.29, 0.717) is 13.1 Å². The number of amides is 1. The van der Waals surface area contributed by atoms with Crippen molar-refractivity contribution >= 4 is 17.2 Å². The van der Waals surface area contributed by atoms with Crippen LogP contribution in [0.5, 0.6) is 0 Å². The molecule has 0 fully saturated rings. The van der Waals surface area contributed by atoms with E-state index in [-0.39, 0.29) is 5.91 Å². The average Bonchev–Trinajstić information content (AvgIpc) is 2.93. The van der Waals surface area contributed by atoms with Gasteiger partial charge in [0.2, 0.25) is 0 Å². The molecule has 4 heteroatoms. The fourth-order valence-corrected chi connectivity index (χ4v) is 2.71. The van der Waals surface area contributed by atoms with Gasteiger partial charge in [0.15, 0.2) is 0 Å². The number of nitrogens with one attached hydrogen (secondary N) is 1. The van der Waals surface area contributed by atoms with E-state index in [1.807, 2.05) is 43.5 Å². The summed E-state index contributed by atoms with van der Waals surface area (Å²) in [6.45, 7) is 4.85. The molecule has 1 aromatic carbocycles. The van der Waals surface area contributed by atoms with Gasteiger partial charge in [0.25, 0.3) is 5.91 Å². The zero-order valence-corrected chi connectivity index (χ0v) is 13.0. The standard InChI is InChI=1S/C17H18N2OS/c1-12-5-3-7-16(13(12)2)17(20)19-10-15-9-14(11-21-15)6-4-8-18/h3,5,7,9,11H,8,10,18H2,1-2H3,(H,19,20). The third-order valence-electron chi connectivity index (χ3n) is 3.26. The van der Waals surface area contributed by atoms with Gasteiger partial charge in [-0.15, -0.1) is 11.3 Å². The third kappa shape index (κ3) is 3.94. The van der Waals surface area contributed by atoms with Crippen LogP contribution in [0.1, 0.15) is 31.9 Å². The van der Waals surface area contributed by atoms with Crippen LogP contribution in [0.4, 0.5) is 0 Å². The molecular formula is C17H18N2OS. The van der Waals surface area contributed by atoms with Crippen molar-refractivity contribution in [2.45, 2.75) is 20.4 Å². The van der Waals surface area contributed by atoms with E-state index in [1.54, 1.807) is 11.3 Å². The zero-order chi connectivity index (χ0) is 15.2. The second kappa shape index (κ2) is 7.07. The van der Waals surface area contributed by atoms with Crippen LogP contribution in [-0.2, 0) is 6.54 Å². The Kier molecular flexibility index (Phi) is 5.15. The topological polar surface area (TPSA) is 55.1 Å². The Balaban J connectivity index is 2.01. The number of rotatable bonds is 3. The minimum Gasteiger partial charge on any atom is -0.347 e. The van der Waals surface area contributed by atoms with Crippen molar-refractivity contribution in [3.8, 4) is 11.8 Å². The number of carbonyl (C=O) groups is 1. The summed E-state index contributed by atoms with van der Waals surface area (Å²) in [7, 11) is 0. The van der Waals surface area contributed by atoms with Crippen LogP contribution in [0.2, 0.25) is 0 Å². The number of benzene rings is 1. The van der Waals surface area contributed by atoms with Gasteiger partial charge in [-0.2, -0.15) is 0 Å². The first kappa shape index (κ1) is 15.3. The number of nitrogens with two attached hydrogens (primary N) is 1. The van der Waals surface area contributed by atoms with Gasteiger partial charge in [-0.05, 0) is 37.1 Å². The van der Waals surface area contributed by atoms with Gasteiger partial charge in [-0.3, -0.25) is 4.79 Å². The molecule has 1 aromatic heterocycles. The lowest BCUT2D eigenvalue weighted by Gasteiger charge is -2.08. The smallest absolute Gasteiger partial charge is 0.251 e. The maximum atomic E-state index is 12.2. The summed E-state index contributed by atoms with van der Waals surface area (Å²) in [5.41, 5.74) is 9.17. The van der Waals surface area contributed by atoms with E-state index in [2.05, 4.69) is 17.2 Å². The summed E-state index contributed by atoms with van der Waals surface area (Å²) in [4.78, 5) is 13.3. The lowest BCUT2D eigenvalue weighted by atomic mass is 10.0. The molecule has 0 atom stereocenters. The Morgan fingerprint density at radius 1 is 1.38 bits per heavy atom. The van der Waals surface area contributed by atoms with Crippen molar-refractivity contribution in [3.63, 3.8) is 0 Å². The summed E-state index contributed by atoms with van der Waals surface area (Å²) in [6.07, 6.45) is 0. The molecule has 0 aliphatic heterocycles. The number of hydrogen-bond acceptors (Lipinski definition) is 3. The Morgan fingerprint density at radius 2 is 2.19 bits per heavy atom. The molecule has 0 unspecified atom stereocenters. The molecule has 3 N–H and O–H groups in total. The second-order valence-electron chi connectivity index (χ2n) is 4.74. The van der Waals surface area contributed by atoms with Crippen molar-refractivity contribution in [1.29, 1.82) is 0 Å². The zero-order valence-electron chi connectivity index (χ0n) is 12.2. The van der Waals surface area contributed by atoms with Gasteiger partial charge in [0.05, 0.1) is 13.1 Å². The van der Waals surface area contributed by atoms with Gasteiger partial charge in [0.1, 0.15) is 0 Å². The average molecular weight is 298 g/mol. The minimum absolute atomic E-state index is 0.0424.